The molecule has 0 saturated heterocycles. The van der Waals surface area contributed by atoms with Crippen molar-refractivity contribution in [2.24, 2.45) is 23.2 Å². The van der Waals surface area contributed by atoms with E-state index in [1.165, 1.54) is 0 Å². The lowest BCUT2D eigenvalue weighted by Gasteiger charge is -2.36. The van der Waals surface area contributed by atoms with Crippen molar-refractivity contribution in [1.29, 1.82) is 5.26 Å². The zero-order valence-corrected chi connectivity index (χ0v) is 8.32. The minimum Gasteiger partial charge on any atom is -0.396 e. The number of aliphatic hydroxyl groups excluding tert-OH is 2. The Kier molecular flexibility index (Phi) is 2.50. The molecule has 78 valence electrons. The number of nitriles is 1. The van der Waals surface area contributed by atoms with E-state index in [9.17, 15) is 5.11 Å². The summed E-state index contributed by atoms with van der Waals surface area (Å²) in [7, 11) is 0. The highest BCUT2D eigenvalue weighted by Crippen LogP contribution is 2.59. The summed E-state index contributed by atoms with van der Waals surface area (Å²) in [5, 5.41) is 27.3. The summed E-state index contributed by atoms with van der Waals surface area (Å²) in [6.45, 7) is 0.327. The number of hydrogen-bond acceptors (Lipinski definition) is 3. The van der Waals surface area contributed by atoms with E-state index in [4.69, 9.17) is 10.4 Å². The molecule has 2 rings (SSSR count). The second kappa shape index (κ2) is 3.52. The number of hydrogen-bond donors (Lipinski definition) is 2. The molecular formula is C11H17NO2. The summed E-state index contributed by atoms with van der Waals surface area (Å²) in [6, 6.07) is 2.36. The molecule has 2 bridgehead atoms. The van der Waals surface area contributed by atoms with Gasteiger partial charge in [0.25, 0.3) is 0 Å². The Labute approximate surface area is 84.4 Å². The maximum absolute atomic E-state index is 9.43. The van der Waals surface area contributed by atoms with Gasteiger partial charge in [-0.25, -0.2) is 0 Å². The summed E-state index contributed by atoms with van der Waals surface area (Å²) in [4.78, 5) is 0. The molecule has 0 amide bonds. The molecule has 2 saturated carbocycles. The summed E-state index contributed by atoms with van der Waals surface area (Å²) >= 11 is 0. The first-order valence-electron chi connectivity index (χ1n) is 5.37. The fraction of sp³-hybridized carbons (Fsp3) is 0.909. The predicted octanol–water partition coefficient (Wildman–Crippen LogP) is 0.917. The molecule has 0 heterocycles. The monoisotopic (exact) mass is 195 g/mol. The molecule has 2 aliphatic carbocycles. The number of rotatable bonds is 3. The lowest BCUT2D eigenvalue weighted by molar-refractivity contribution is 0.0322. The van der Waals surface area contributed by atoms with Crippen molar-refractivity contribution in [3.05, 3.63) is 0 Å². The van der Waals surface area contributed by atoms with Crippen LogP contribution in [0.3, 0.4) is 0 Å². The van der Waals surface area contributed by atoms with E-state index in [-0.39, 0.29) is 24.5 Å². The lowest BCUT2D eigenvalue weighted by Crippen LogP contribution is -2.34. The Morgan fingerprint density at radius 3 is 2.57 bits per heavy atom. The topological polar surface area (TPSA) is 64.2 Å². The van der Waals surface area contributed by atoms with E-state index in [1.54, 1.807) is 0 Å². The van der Waals surface area contributed by atoms with Crippen molar-refractivity contribution in [3.8, 4) is 6.07 Å². The number of fused-ring (bicyclic) bond motifs is 2. The molecule has 4 atom stereocenters. The Morgan fingerprint density at radius 2 is 2.14 bits per heavy atom. The largest absolute Gasteiger partial charge is 0.396 e. The molecule has 0 spiro atoms. The second-order valence-electron chi connectivity index (χ2n) is 4.86. The van der Waals surface area contributed by atoms with Gasteiger partial charge >= 0.3 is 0 Å². The number of nitrogens with zero attached hydrogens (tertiary/aromatic N) is 1. The third-order valence-electron chi connectivity index (χ3n) is 4.32. The maximum Gasteiger partial charge on any atom is 0.0658 e. The van der Waals surface area contributed by atoms with E-state index in [1.807, 2.05) is 0 Å². The highest BCUT2D eigenvalue weighted by molar-refractivity contribution is 5.08. The van der Waals surface area contributed by atoms with E-state index < -0.39 is 0 Å². The summed E-state index contributed by atoms with van der Waals surface area (Å²) in [5.41, 5.74) is -0.0627. The van der Waals surface area contributed by atoms with Crippen molar-refractivity contribution < 1.29 is 10.2 Å². The molecule has 0 aromatic rings. The van der Waals surface area contributed by atoms with Gasteiger partial charge in [-0.05, 0) is 42.9 Å². The Hall–Kier alpha value is -0.590. The van der Waals surface area contributed by atoms with Crippen molar-refractivity contribution >= 4 is 0 Å². The molecular weight excluding hydrogens is 178 g/mol. The molecule has 3 nitrogen and oxygen atoms in total. The third kappa shape index (κ3) is 1.25. The number of aliphatic hydroxyl groups is 2. The van der Waals surface area contributed by atoms with Crippen molar-refractivity contribution in [2.75, 3.05) is 13.2 Å². The van der Waals surface area contributed by atoms with Crippen LogP contribution >= 0.6 is 0 Å². The summed E-state index contributed by atoms with van der Waals surface area (Å²) in [6.07, 6.45) is 3.65. The average molecular weight is 195 g/mol. The first kappa shape index (κ1) is 9.95. The van der Waals surface area contributed by atoms with Gasteiger partial charge in [0.15, 0.2) is 0 Å². The average Bonchev–Trinajstić information content (AvgIpc) is 2.75. The summed E-state index contributed by atoms with van der Waals surface area (Å²) in [5.74, 6) is 1.15. The molecule has 2 N–H and O–H groups in total. The Morgan fingerprint density at radius 1 is 1.36 bits per heavy atom. The second-order valence-corrected chi connectivity index (χ2v) is 4.86. The molecule has 2 fully saturated rings. The van der Waals surface area contributed by atoms with Crippen molar-refractivity contribution in [2.45, 2.75) is 25.7 Å². The molecule has 0 aromatic heterocycles. The van der Waals surface area contributed by atoms with Crippen LogP contribution in [0.2, 0.25) is 0 Å². The fourth-order valence-corrected chi connectivity index (χ4v) is 3.50. The maximum atomic E-state index is 9.43. The van der Waals surface area contributed by atoms with Gasteiger partial charge in [0.1, 0.15) is 0 Å². The zero-order valence-electron chi connectivity index (χ0n) is 8.32. The van der Waals surface area contributed by atoms with Gasteiger partial charge in [-0.15, -0.1) is 0 Å². The van der Waals surface area contributed by atoms with Crippen LogP contribution in [-0.4, -0.2) is 23.4 Å². The molecule has 0 radical (unpaired) electrons. The van der Waals surface area contributed by atoms with E-state index in [2.05, 4.69) is 6.07 Å². The molecule has 0 aliphatic heterocycles. The smallest absolute Gasteiger partial charge is 0.0658 e. The van der Waals surface area contributed by atoms with Crippen LogP contribution in [0.1, 0.15) is 25.7 Å². The normalized spacial score (nSPS) is 45.4. The van der Waals surface area contributed by atoms with Gasteiger partial charge in [-0.1, -0.05) is 0 Å². The first-order chi connectivity index (χ1) is 6.75. The predicted molar refractivity (Wildman–Crippen MR) is 51.2 cm³/mol. The minimum atomic E-state index is -0.0627. The molecule has 4 unspecified atom stereocenters. The van der Waals surface area contributed by atoms with E-state index >= 15 is 0 Å². The molecule has 3 heteroatoms. The zero-order chi connectivity index (χ0) is 10.2. The minimum absolute atomic E-state index is 0.0627. The third-order valence-corrected chi connectivity index (χ3v) is 4.32. The van der Waals surface area contributed by atoms with Gasteiger partial charge in [0, 0.05) is 19.1 Å². The van der Waals surface area contributed by atoms with Gasteiger partial charge in [0.2, 0.25) is 0 Å². The lowest BCUT2D eigenvalue weighted by atomic mass is 9.69. The van der Waals surface area contributed by atoms with Gasteiger partial charge < -0.3 is 10.2 Å². The molecule has 0 aromatic carbocycles. The fourth-order valence-electron chi connectivity index (χ4n) is 3.50. The molecule has 2 aliphatic rings. The van der Waals surface area contributed by atoms with Gasteiger partial charge in [0.05, 0.1) is 6.07 Å². The van der Waals surface area contributed by atoms with Gasteiger partial charge in [-0.2, -0.15) is 5.26 Å². The Balaban J connectivity index is 2.10. The van der Waals surface area contributed by atoms with Crippen LogP contribution in [0, 0.1) is 34.5 Å². The van der Waals surface area contributed by atoms with Crippen LogP contribution in [0.5, 0.6) is 0 Å². The van der Waals surface area contributed by atoms with Crippen LogP contribution < -0.4 is 0 Å². The van der Waals surface area contributed by atoms with Crippen molar-refractivity contribution in [3.63, 3.8) is 0 Å². The quantitative estimate of drug-likeness (QED) is 0.703. The van der Waals surface area contributed by atoms with Crippen molar-refractivity contribution in [1.82, 2.24) is 0 Å². The summed E-state index contributed by atoms with van der Waals surface area (Å²) < 4.78 is 0. The highest BCUT2D eigenvalue weighted by Gasteiger charge is 2.54. The first-order valence-corrected chi connectivity index (χ1v) is 5.37. The van der Waals surface area contributed by atoms with Crippen LogP contribution in [0.4, 0.5) is 0 Å². The van der Waals surface area contributed by atoms with Crippen LogP contribution in [-0.2, 0) is 0 Å². The van der Waals surface area contributed by atoms with Crippen LogP contribution in [0.25, 0.3) is 0 Å². The highest BCUT2D eigenvalue weighted by atomic mass is 16.3. The standard InChI is InChI=1S/C11H17NO2/c12-6-9-4-10-3-8(9)5-11(10,7-14)1-2-13/h8-10,13-14H,1-5,7H2. The van der Waals surface area contributed by atoms with E-state index in [0.29, 0.717) is 18.3 Å². The van der Waals surface area contributed by atoms with Gasteiger partial charge in [-0.3, -0.25) is 0 Å². The molecule has 14 heavy (non-hydrogen) atoms. The SMILES string of the molecule is N#CC1CC2CC1CC2(CO)CCO. The van der Waals surface area contributed by atoms with E-state index in [0.717, 1.165) is 19.3 Å². The van der Waals surface area contributed by atoms with Crippen LogP contribution in [0.15, 0.2) is 0 Å². The Bertz CT molecular complexity index is 261.